The van der Waals surface area contributed by atoms with E-state index in [2.05, 4.69) is 101 Å². The summed E-state index contributed by atoms with van der Waals surface area (Å²) < 4.78 is 0. The van der Waals surface area contributed by atoms with E-state index in [0.29, 0.717) is 36.5 Å². The molecule has 228 valence electrons. The maximum absolute atomic E-state index is 10.9. The van der Waals surface area contributed by atoms with Gasteiger partial charge in [0.1, 0.15) is 17.2 Å². The molecular formula is C41H46O3. The van der Waals surface area contributed by atoms with Crippen molar-refractivity contribution in [3.8, 4) is 17.2 Å². The highest BCUT2D eigenvalue weighted by atomic mass is 16.3. The second-order valence-electron chi connectivity index (χ2n) is 12.7. The van der Waals surface area contributed by atoms with Crippen LogP contribution < -0.4 is 0 Å². The van der Waals surface area contributed by atoms with Crippen molar-refractivity contribution in [3.63, 3.8) is 0 Å². The summed E-state index contributed by atoms with van der Waals surface area (Å²) in [4.78, 5) is 0. The Morgan fingerprint density at radius 2 is 0.818 bits per heavy atom. The molecule has 0 aliphatic rings. The van der Waals surface area contributed by atoms with Gasteiger partial charge in [0.25, 0.3) is 0 Å². The van der Waals surface area contributed by atoms with Gasteiger partial charge >= 0.3 is 0 Å². The third-order valence-electron chi connectivity index (χ3n) is 9.29. The minimum atomic E-state index is -0.600. The minimum Gasteiger partial charge on any atom is -0.507 e. The van der Waals surface area contributed by atoms with Crippen molar-refractivity contribution < 1.29 is 15.3 Å². The molecule has 0 amide bonds. The second kappa shape index (κ2) is 12.6. The number of rotatable bonds is 11. The summed E-state index contributed by atoms with van der Waals surface area (Å²) in [5.74, 6) is 0.917. The van der Waals surface area contributed by atoms with Gasteiger partial charge in [-0.05, 0) is 108 Å². The first kappa shape index (κ1) is 32.4. The predicted octanol–water partition coefficient (Wildman–Crippen LogP) is 9.59. The Balaban J connectivity index is 1.93. The maximum Gasteiger partial charge on any atom is 0.122 e. The van der Waals surface area contributed by atoms with Gasteiger partial charge in [-0.1, -0.05) is 92.7 Å². The van der Waals surface area contributed by atoms with Gasteiger partial charge in [-0.15, -0.1) is 19.7 Å². The fraction of sp³-hybridized carbons (Fsp3) is 0.268. The maximum atomic E-state index is 10.9. The van der Waals surface area contributed by atoms with E-state index < -0.39 is 5.41 Å². The SMILES string of the molecule is C=CCc1cc(C(C)(C)c2ccc(C(C)(c3cc(C)c(O)c(CC=C)c3)c3cc(C)c(O)c(CC=C)c3)cc2)cc(C)c1O. The van der Waals surface area contributed by atoms with Crippen molar-refractivity contribution in [2.45, 2.75) is 71.6 Å². The summed E-state index contributed by atoms with van der Waals surface area (Å²) in [5.41, 5.74) is 9.58. The fourth-order valence-electron chi connectivity index (χ4n) is 6.32. The summed E-state index contributed by atoms with van der Waals surface area (Å²) in [5, 5.41) is 32.4. The molecule has 0 fully saturated rings. The lowest BCUT2D eigenvalue weighted by Crippen LogP contribution is -2.27. The van der Waals surface area contributed by atoms with Crippen LogP contribution >= 0.6 is 0 Å². The summed E-state index contributed by atoms with van der Waals surface area (Å²) in [6, 6.07) is 21.2. The molecule has 0 saturated carbocycles. The molecule has 3 nitrogen and oxygen atoms in total. The molecule has 0 spiro atoms. The number of benzene rings is 4. The van der Waals surface area contributed by atoms with Crippen molar-refractivity contribution >= 4 is 0 Å². The quantitative estimate of drug-likeness (QED) is 0.121. The molecule has 4 rings (SSSR count). The lowest BCUT2D eigenvalue weighted by molar-refractivity contribution is 0.463. The highest BCUT2D eigenvalue weighted by Gasteiger charge is 2.34. The fourth-order valence-corrected chi connectivity index (χ4v) is 6.32. The Hall–Kier alpha value is -4.50. The van der Waals surface area contributed by atoms with Crippen LogP contribution in [0.2, 0.25) is 0 Å². The summed E-state index contributed by atoms with van der Waals surface area (Å²) in [6.07, 6.45) is 7.15. The standard InChI is InChI=1S/C41H46O3/c1-10-13-29-23-34(20-26(4)37(29)42)40(7,8)32-16-18-33(19-17-32)41(9,35-21-27(5)38(43)30(24-35)14-11-2)36-22-28(6)39(44)31(25-36)15-12-3/h10-12,16-25,42-44H,1-3,13-15H2,4-9H3. The number of aromatic hydroxyl groups is 3. The molecule has 0 unspecified atom stereocenters. The van der Waals surface area contributed by atoms with Gasteiger partial charge in [0.2, 0.25) is 0 Å². The molecule has 0 aliphatic carbocycles. The van der Waals surface area contributed by atoms with E-state index in [1.165, 1.54) is 0 Å². The minimum absolute atomic E-state index is 0.294. The highest BCUT2D eigenvalue weighted by Crippen LogP contribution is 2.44. The summed E-state index contributed by atoms with van der Waals surface area (Å²) >= 11 is 0. The average molecular weight is 587 g/mol. The summed E-state index contributed by atoms with van der Waals surface area (Å²) in [7, 11) is 0. The molecule has 0 radical (unpaired) electrons. The van der Waals surface area contributed by atoms with Crippen LogP contribution in [0.5, 0.6) is 17.2 Å². The lowest BCUT2D eigenvalue weighted by atomic mass is 9.68. The number of hydrogen-bond donors (Lipinski definition) is 3. The number of hydrogen-bond acceptors (Lipinski definition) is 3. The van der Waals surface area contributed by atoms with E-state index in [0.717, 1.165) is 61.2 Å². The number of phenols is 3. The second-order valence-corrected chi connectivity index (χ2v) is 12.7. The van der Waals surface area contributed by atoms with Crippen LogP contribution in [0.3, 0.4) is 0 Å². The van der Waals surface area contributed by atoms with Crippen LogP contribution in [0.4, 0.5) is 0 Å². The number of aryl methyl sites for hydroxylation is 3. The predicted molar refractivity (Wildman–Crippen MR) is 184 cm³/mol. The first-order valence-corrected chi connectivity index (χ1v) is 15.2. The van der Waals surface area contributed by atoms with Crippen LogP contribution in [0, 0.1) is 20.8 Å². The van der Waals surface area contributed by atoms with Gasteiger partial charge in [-0.2, -0.15) is 0 Å². The third kappa shape index (κ3) is 5.84. The highest BCUT2D eigenvalue weighted by molar-refractivity contribution is 5.58. The Morgan fingerprint density at radius 3 is 1.18 bits per heavy atom. The lowest BCUT2D eigenvalue weighted by Gasteiger charge is -2.35. The van der Waals surface area contributed by atoms with E-state index >= 15 is 0 Å². The van der Waals surface area contributed by atoms with E-state index in [-0.39, 0.29) is 5.41 Å². The molecule has 0 aliphatic heterocycles. The zero-order chi connectivity index (χ0) is 32.4. The average Bonchev–Trinajstić information content (AvgIpc) is 2.99. The zero-order valence-corrected chi connectivity index (χ0v) is 27.1. The van der Waals surface area contributed by atoms with Crippen molar-refractivity contribution in [2.75, 3.05) is 0 Å². The molecule has 0 aromatic heterocycles. The van der Waals surface area contributed by atoms with Crippen molar-refractivity contribution in [1.82, 2.24) is 0 Å². The largest absolute Gasteiger partial charge is 0.507 e. The van der Waals surface area contributed by atoms with Crippen molar-refractivity contribution in [3.05, 3.63) is 160 Å². The topological polar surface area (TPSA) is 60.7 Å². The zero-order valence-electron chi connectivity index (χ0n) is 27.1. The molecule has 44 heavy (non-hydrogen) atoms. The van der Waals surface area contributed by atoms with E-state index in [1.807, 2.05) is 39.0 Å². The Morgan fingerprint density at radius 1 is 0.500 bits per heavy atom. The van der Waals surface area contributed by atoms with E-state index in [4.69, 9.17) is 0 Å². The van der Waals surface area contributed by atoms with Gasteiger partial charge < -0.3 is 15.3 Å². The smallest absolute Gasteiger partial charge is 0.122 e. The molecule has 0 atom stereocenters. The number of phenolic OH excluding ortho intramolecular Hbond substituents is 3. The Labute approximate surface area is 263 Å². The van der Waals surface area contributed by atoms with Gasteiger partial charge in [-0.25, -0.2) is 0 Å². The molecular weight excluding hydrogens is 540 g/mol. The van der Waals surface area contributed by atoms with Gasteiger partial charge in [0.05, 0.1) is 0 Å². The molecule has 0 bridgehead atoms. The Kier molecular flexibility index (Phi) is 9.30. The first-order valence-electron chi connectivity index (χ1n) is 15.2. The van der Waals surface area contributed by atoms with Crippen LogP contribution in [0.15, 0.2) is 98.6 Å². The van der Waals surface area contributed by atoms with E-state index in [1.54, 1.807) is 0 Å². The molecule has 0 heterocycles. The Bertz CT molecular complexity index is 1650. The van der Waals surface area contributed by atoms with Gasteiger partial charge in [-0.3, -0.25) is 0 Å². The van der Waals surface area contributed by atoms with Crippen LogP contribution in [-0.4, -0.2) is 15.3 Å². The van der Waals surface area contributed by atoms with E-state index in [9.17, 15) is 15.3 Å². The molecule has 3 N–H and O–H groups in total. The molecule has 3 heteroatoms. The van der Waals surface area contributed by atoms with Crippen LogP contribution in [0.25, 0.3) is 0 Å². The van der Waals surface area contributed by atoms with Crippen LogP contribution in [-0.2, 0) is 30.1 Å². The van der Waals surface area contributed by atoms with Crippen LogP contribution in [0.1, 0.15) is 82.0 Å². The number of allylic oxidation sites excluding steroid dienone is 3. The molecule has 4 aromatic carbocycles. The third-order valence-corrected chi connectivity index (χ3v) is 9.29. The van der Waals surface area contributed by atoms with Crippen molar-refractivity contribution in [1.29, 1.82) is 0 Å². The van der Waals surface area contributed by atoms with Gasteiger partial charge in [0, 0.05) is 10.8 Å². The molecule has 4 aromatic rings. The molecule has 0 saturated heterocycles. The monoisotopic (exact) mass is 586 g/mol. The summed E-state index contributed by atoms with van der Waals surface area (Å²) in [6.45, 7) is 24.1. The first-order chi connectivity index (χ1) is 20.8. The normalized spacial score (nSPS) is 11.8. The van der Waals surface area contributed by atoms with Crippen molar-refractivity contribution in [2.24, 2.45) is 0 Å². The van der Waals surface area contributed by atoms with Gasteiger partial charge in [0.15, 0.2) is 0 Å².